The average molecular weight is 239 g/mol. The van der Waals surface area contributed by atoms with Crippen molar-refractivity contribution in [1.82, 2.24) is 5.32 Å². The number of phenolic OH excluding ortho intramolecular Hbond substituents is 1. The van der Waals surface area contributed by atoms with Crippen molar-refractivity contribution in [3.05, 3.63) is 29.6 Å². The first-order valence-corrected chi connectivity index (χ1v) is 5.96. The van der Waals surface area contributed by atoms with Crippen LogP contribution in [0.5, 0.6) is 5.75 Å². The minimum atomic E-state index is -0.342. The number of benzene rings is 1. The van der Waals surface area contributed by atoms with Crippen LogP contribution in [0.3, 0.4) is 0 Å². The van der Waals surface area contributed by atoms with E-state index in [0.29, 0.717) is 11.5 Å². The fourth-order valence-corrected chi connectivity index (χ4v) is 2.19. The largest absolute Gasteiger partial charge is 0.508 e. The number of aliphatic hydroxyl groups excluding tert-OH is 1. The first-order chi connectivity index (χ1) is 8.06. The van der Waals surface area contributed by atoms with Gasteiger partial charge in [-0.3, -0.25) is 0 Å². The molecule has 0 bridgehead atoms. The maximum absolute atomic E-state index is 13.1. The highest BCUT2D eigenvalue weighted by Gasteiger charge is 2.27. The number of halogens is 1. The summed E-state index contributed by atoms with van der Waals surface area (Å²) in [7, 11) is 0. The Bertz CT molecular complexity index is 391. The summed E-state index contributed by atoms with van der Waals surface area (Å²) in [6.45, 7) is 2.68. The number of phenols is 1. The molecular formula is C13H18FNO2. The third-order valence-electron chi connectivity index (χ3n) is 3.38. The molecule has 1 atom stereocenters. The number of hydrogen-bond acceptors (Lipinski definition) is 3. The van der Waals surface area contributed by atoms with Gasteiger partial charge in [0, 0.05) is 11.6 Å². The van der Waals surface area contributed by atoms with Crippen LogP contribution < -0.4 is 5.32 Å². The highest BCUT2D eigenvalue weighted by Crippen LogP contribution is 2.28. The Morgan fingerprint density at radius 2 is 2.18 bits per heavy atom. The molecule has 0 amide bonds. The van der Waals surface area contributed by atoms with Crippen LogP contribution in [0.25, 0.3) is 0 Å². The number of aromatic hydroxyl groups is 1. The minimum absolute atomic E-state index is 0.0940. The number of rotatable bonds is 4. The Morgan fingerprint density at radius 3 is 2.82 bits per heavy atom. The van der Waals surface area contributed by atoms with E-state index in [2.05, 4.69) is 5.32 Å². The Balaban J connectivity index is 1.90. The quantitative estimate of drug-likeness (QED) is 0.752. The lowest BCUT2D eigenvalue weighted by Gasteiger charge is -2.32. The van der Waals surface area contributed by atoms with E-state index < -0.39 is 0 Å². The summed E-state index contributed by atoms with van der Waals surface area (Å²) in [5, 5.41) is 22.1. The van der Waals surface area contributed by atoms with Gasteiger partial charge in [-0.2, -0.15) is 0 Å². The second-order valence-corrected chi connectivity index (χ2v) is 4.82. The molecule has 1 unspecified atom stereocenters. The molecule has 1 aliphatic rings. The Kier molecular flexibility index (Phi) is 3.64. The Hall–Kier alpha value is -1.13. The minimum Gasteiger partial charge on any atom is -0.508 e. The Labute approximate surface area is 100 Å². The molecular weight excluding hydrogens is 221 g/mol. The van der Waals surface area contributed by atoms with Crippen LogP contribution in [0.1, 0.15) is 31.4 Å². The first-order valence-electron chi connectivity index (χ1n) is 5.96. The smallest absolute Gasteiger partial charge is 0.123 e. The molecule has 0 saturated heterocycles. The summed E-state index contributed by atoms with van der Waals surface area (Å²) in [6, 6.07) is 3.87. The second kappa shape index (κ2) is 5.02. The lowest BCUT2D eigenvalue weighted by molar-refractivity contribution is 0.0420. The van der Waals surface area contributed by atoms with E-state index >= 15 is 0 Å². The van der Waals surface area contributed by atoms with E-state index in [9.17, 15) is 9.50 Å². The molecule has 0 heterocycles. The van der Waals surface area contributed by atoms with Crippen molar-refractivity contribution >= 4 is 0 Å². The lowest BCUT2D eigenvalue weighted by Crippen LogP contribution is -2.37. The van der Waals surface area contributed by atoms with Gasteiger partial charge in [-0.15, -0.1) is 0 Å². The van der Waals surface area contributed by atoms with Crippen LogP contribution >= 0.6 is 0 Å². The van der Waals surface area contributed by atoms with Crippen LogP contribution in [0.15, 0.2) is 18.2 Å². The molecule has 0 spiro atoms. The standard InChI is InChI=1S/C13H18FNO2/c1-8(15-7-9-4-11(16)5-9)12-6-10(14)2-3-13(12)17/h2-3,6,8-9,11,15-17H,4-5,7H2,1H3. The zero-order valence-corrected chi connectivity index (χ0v) is 9.86. The maximum atomic E-state index is 13.1. The summed E-state index contributed by atoms with van der Waals surface area (Å²) in [5.74, 6) is 0.258. The van der Waals surface area contributed by atoms with Crippen LogP contribution in [0.4, 0.5) is 4.39 Å². The summed E-state index contributed by atoms with van der Waals surface area (Å²) in [6.07, 6.45) is 1.50. The summed E-state index contributed by atoms with van der Waals surface area (Å²) in [5.41, 5.74) is 0.574. The van der Waals surface area contributed by atoms with E-state index in [1.807, 2.05) is 6.92 Å². The number of aliphatic hydroxyl groups is 1. The topological polar surface area (TPSA) is 52.5 Å². The van der Waals surface area contributed by atoms with Crippen LogP contribution in [0, 0.1) is 11.7 Å². The van der Waals surface area contributed by atoms with Gasteiger partial charge in [-0.05, 0) is 50.4 Å². The zero-order chi connectivity index (χ0) is 12.4. The predicted octanol–water partition coefficient (Wildman–Crippen LogP) is 1.95. The van der Waals surface area contributed by atoms with Crippen molar-refractivity contribution in [2.45, 2.75) is 31.9 Å². The van der Waals surface area contributed by atoms with Crippen molar-refractivity contribution in [2.24, 2.45) is 5.92 Å². The summed E-state index contributed by atoms with van der Waals surface area (Å²) < 4.78 is 13.1. The van der Waals surface area contributed by atoms with E-state index in [-0.39, 0.29) is 23.7 Å². The van der Waals surface area contributed by atoms with Crippen LogP contribution in [-0.4, -0.2) is 22.9 Å². The molecule has 2 rings (SSSR count). The van der Waals surface area contributed by atoms with Crippen molar-refractivity contribution in [1.29, 1.82) is 0 Å². The molecule has 1 aromatic carbocycles. The van der Waals surface area contributed by atoms with Gasteiger partial charge >= 0.3 is 0 Å². The van der Waals surface area contributed by atoms with Crippen molar-refractivity contribution < 1.29 is 14.6 Å². The van der Waals surface area contributed by atoms with Crippen molar-refractivity contribution in [3.63, 3.8) is 0 Å². The normalized spacial score (nSPS) is 25.4. The van der Waals surface area contributed by atoms with Gasteiger partial charge in [0.05, 0.1) is 6.10 Å². The average Bonchev–Trinajstić information content (AvgIpc) is 2.26. The number of nitrogens with one attached hydrogen (secondary N) is 1. The molecule has 1 aromatic rings. The molecule has 94 valence electrons. The maximum Gasteiger partial charge on any atom is 0.123 e. The third kappa shape index (κ3) is 2.96. The SMILES string of the molecule is CC(NCC1CC(O)C1)c1cc(F)ccc1O. The van der Waals surface area contributed by atoms with Crippen molar-refractivity contribution in [2.75, 3.05) is 6.54 Å². The molecule has 0 aliphatic heterocycles. The monoisotopic (exact) mass is 239 g/mol. The summed E-state index contributed by atoms with van der Waals surface area (Å²) >= 11 is 0. The van der Waals surface area contributed by atoms with Gasteiger partial charge < -0.3 is 15.5 Å². The number of hydrogen-bond donors (Lipinski definition) is 3. The third-order valence-corrected chi connectivity index (χ3v) is 3.38. The molecule has 0 radical (unpaired) electrons. The van der Waals surface area contributed by atoms with Gasteiger partial charge in [-0.1, -0.05) is 0 Å². The van der Waals surface area contributed by atoms with Gasteiger partial charge in [0.25, 0.3) is 0 Å². The van der Waals surface area contributed by atoms with Gasteiger partial charge in [0.15, 0.2) is 0 Å². The molecule has 17 heavy (non-hydrogen) atoms. The lowest BCUT2D eigenvalue weighted by atomic mass is 9.82. The fourth-order valence-electron chi connectivity index (χ4n) is 2.19. The molecule has 3 N–H and O–H groups in total. The van der Waals surface area contributed by atoms with Gasteiger partial charge in [-0.25, -0.2) is 4.39 Å². The molecule has 1 fully saturated rings. The highest BCUT2D eigenvalue weighted by molar-refractivity contribution is 5.34. The fraction of sp³-hybridized carbons (Fsp3) is 0.538. The van der Waals surface area contributed by atoms with Gasteiger partial charge in [0.2, 0.25) is 0 Å². The van der Waals surface area contributed by atoms with E-state index in [1.54, 1.807) is 0 Å². The van der Waals surface area contributed by atoms with E-state index in [0.717, 1.165) is 19.4 Å². The van der Waals surface area contributed by atoms with Crippen molar-refractivity contribution in [3.8, 4) is 5.75 Å². The molecule has 4 heteroatoms. The predicted molar refractivity (Wildman–Crippen MR) is 63.2 cm³/mol. The van der Waals surface area contributed by atoms with Gasteiger partial charge in [0.1, 0.15) is 11.6 Å². The Morgan fingerprint density at radius 1 is 1.47 bits per heavy atom. The van der Waals surface area contributed by atoms with E-state index in [4.69, 9.17) is 5.11 Å². The second-order valence-electron chi connectivity index (χ2n) is 4.82. The first kappa shape index (κ1) is 12.3. The molecule has 1 saturated carbocycles. The van der Waals surface area contributed by atoms with E-state index in [1.165, 1.54) is 18.2 Å². The molecule has 1 aliphatic carbocycles. The summed E-state index contributed by atoms with van der Waals surface area (Å²) in [4.78, 5) is 0. The van der Waals surface area contributed by atoms with Crippen LogP contribution in [0.2, 0.25) is 0 Å². The zero-order valence-electron chi connectivity index (χ0n) is 9.86. The van der Waals surface area contributed by atoms with Crippen LogP contribution in [-0.2, 0) is 0 Å². The molecule has 0 aromatic heterocycles. The molecule has 3 nitrogen and oxygen atoms in total. The highest BCUT2D eigenvalue weighted by atomic mass is 19.1.